The van der Waals surface area contributed by atoms with Gasteiger partial charge in [-0.1, -0.05) is 13.8 Å². The molecule has 0 aliphatic heterocycles. The van der Waals surface area contributed by atoms with Crippen molar-refractivity contribution in [3.8, 4) is 0 Å². The molecule has 0 atom stereocenters. The lowest BCUT2D eigenvalue weighted by atomic mass is 10.1. The summed E-state index contributed by atoms with van der Waals surface area (Å²) in [5, 5.41) is 13.4. The Bertz CT molecular complexity index is 276. The van der Waals surface area contributed by atoms with Crippen LogP contribution in [0.15, 0.2) is 6.20 Å². The molecule has 3 heteroatoms. The third-order valence-electron chi connectivity index (χ3n) is 2.12. The van der Waals surface area contributed by atoms with Crippen LogP contribution in [0.4, 0.5) is 0 Å². The highest BCUT2D eigenvalue weighted by Crippen LogP contribution is 2.22. The van der Waals surface area contributed by atoms with Crippen LogP contribution in [0.5, 0.6) is 0 Å². The van der Waals surface area contributed by atoms with Crippen molar-refractivity contribution in [1.29, 1.82) is 0 Å². The SMILES string of the molecule is CC(C)c1c(CO)cnn1C(C)C. The van der Waals surface area contributed by atoms with E-state index in [1.165, 1.54) is 0 Å². The van der Waals surface area contributed by atoms with Gasteiger partial charge >= 0.3 is 0 Å². The van der Waals surface area contributed by atoms with E-state index in [2.05, 4.69) is 32.8 Å². The fourth-order valence-electron chi connectivity index (χ4n) is 1.58. The summed E-state index contributed by atoms with van der Waals surface area (Å²) >= 11 is 0. The van der Waals surface area contributed by atoms with Crippen molar-refractivity contribution in [2.24, 2.45) is 0 Å². The van der Waals surface area contributed by atoms with E-state index in [-0.39, 0.29) is 6.61 Å². The minimum atomic E-state index is 0.0836. The van der Waals surface area contributed by atoms with Gasteiger partial charge in [-0.2, -0.15) is 5.10 Å². The molecule has 1 heterocycles. The van der Waals surface area contributed by atoms with Crippen LogP contribution >= 0.6 is 0 Å². The minimum Gasteiger partial charge on any atom is -0.392 e. The number of aromatic nitrogens is 2. The van der Waals surface area contributed by atoms with Crippen LogP contribution in [0.25, 0.3) is 0 Å². The van der Waals surface area contributed by atoms with Gasteiger partial charge in [0.2, 0.25) is 0 Å². The number of nitrogens with zero attached hydrogens (tertiary/aromatic N) is 2. The number of hydrogen-bond donors (Lipinski definition) is 1. The second-order valence-electron chi connectivity index (χ2n) is 3.91. The highest BCUT2D eigenvalue weighted by atomic mass is 16.3. The van der Waals surface area contributed by atoms with Crippen LogP contribution in [0.1, 0.15) is 50.9 Å². The molecule has 0 saturated carbocycles. The van der Waals surface area contributed by atoms with Crippen LogP contribution in [0.2, 0.25) is 0 Å². The predicted molar refractivity (Wildman–Crippen MR) is 52.6 cm³/mol. The lowest BCUT2D eigenvalue weighted by Gasteiger charge is -2.14. The second kappa shape index (κ2) is 3.92. The summed E-state index contributed by atoms with van der Waals surface area (Å²) in [6.45, 7) is 8.52. The Morgan fingerprint density at radius 1 is 1.38 bits per heavy atom. The molecule has 0 radical (unpaired) electrons. The van der Waals surface area contributed by atoms with E-state index in [1.54, 1.807) is 6.20 Å². The lowest BCUT2D eigenvalue weighted by molar-refractivity contribution is 0.279. The monoisotopic (exact) mass is 182 g/mol. The van der Waals surface area contributed by atoms with E-state index in [9.17, 15) is 0 Å². The molecule has 0 fully saturated rings. The first-order valence-electron chi connectivity index (χ1n) is 4.75. The fraction of sp³-hybridized carbons (Fsp3) is 0.700. The van der Waals surface area contributed by atoms with Crippen molar-refractivity contribution in [3.05, 3.63) is 17.5 Å². The van der Waals surface area contributed by atoms with Gasteiger partial charge in [0.05, 0.1) is 12.8 Å². The average Bonchev–Trinajstić information content (AvgIpc) is 2.46. The second-order valence-corrected chi connectivity index (χ2v) is 3.91. The molecule has 0 spiro atoms. The summed E-state index contributed by atoms with van der Waals surface area (Å²) in [4.78, 5) is 0. The largest absolute Gasteiger partial charge is 0.392 e. The number of aliphatic hydroxyl groups is 1. The Hall–Kier alpha value is -0.830. The average molecular weight is 182 g/mol. The maximum Gasteiger partial charge on any atom is 0.0715 e. The van der Waals surface area contributed by atoms with Gasteiger partial charge in [-0.3, -0.25) is 4.68 Å². The first-order chi connectivity index (χ1) is 6.07. The topological polar surface area (TPSA) is 38.1 Å². The van der Waals surface area contributed by atoms with Crippen molar-refractivity contribution in [2.75, 3.05) is 0 Å². The van der Waals surface area contributed by atoms with E-state index >= 15 is 0 Å². The molecule has 74 valence electrons. The van der Waals surface area contributed by atoms with Gasteiger partial charge in [0.15, 0.2) is 0 Å². The molecular weight excluding hydrogens is 164 g/mol. The maximum absolute atomic E-state index is 9.11. The summed E-state index contributed by atoms with van der Waals surface area (Å²) in [7, 11) is 0. The quantitative estimate of drug-likeness (QED) is 0.777. The van der Waals surface area contributed by atoms with E-state index in [1.807, 2.05) is 4.68 Å². The summed E-state index contributed by atoms with van der Waals surface area (Å²) in [6.07, 6.45) is 1.76. The normalized spacial score (nSPS) is 11.6. The van der Waals surface area contributed by atoms with E-state index < -0.39 is 0 Å². The van der Waals surface area contributed by atoms with E-state index in [0.717, 1.165) is 11.3 Å². The Labute approximate surface area is 79.4 Å². The van der Waals surface area contributed by atoms with Gasteiger partial charge in [0.25, 0.3) is 0 Å². The first kappa shape index (κ1) is 10.3. The standard InChI is InChI=1S/C10H18N2O/c1-7(2)10-9(6-13)5-11-12(10)8(3)4/h5,7-8,13H,6H2,1-4H3. The molecular formula is C10H18N2O. The maximum atomic E-state index is 9.11. The summed E-state index contributed by atoms with van der Waals surface area (Å²) in [6, 6.07) is 0.359. The molecule has 1 aromatic rings. The minimum absolute atomic E-state index is 0.0836. The van der Waals surface area contributed by atoms with Gasteiger partial charge in [0.1, 0.15) is 0 Å². The van der Waals surface area contributed by atoms with Crippen molar-refractivity contribution >= 4 is 0 Å². The Kier molecular flexibility index (Phi) is 3.09. The third-order valence-corrected chi connectivity index (χ3v) is 2.12. The molecule has 0 unspecified atom stereocenters. The lowest BCUT2D eigenvalue weighted by Crippen LogP contribution is -2.09. The number of aliphatic hydroxyl groups excluding tert-OH is 1. The van der Waals surface area contributed by atoms with Crippen molar-refractivity contribution in [2.45, 2.75) is 46.3 Å². The zero-order valence-electron chi connectivity index (χ0n) is 8.78. The van der Waals surface area contributed by atoms with Crippen LogP contribution in [0, 0.1) is 0 Å². The van der Waals surface area contributed by atoms with Crippen molar-refractivity contribution in [3.63, 3.8) is 0 Å². The zero-order valence-corrected chi connectivity index (χ0v) is 8.78. The van der Waals surface area contributed by atoms with Gasteiger partial charge in [-0.25, -0.2) is 0 Å². The first-order valence-corrected chi connectivity index (χ1v) is 4.75. The van der Waals surface area contributed by atoms with Gasteiger partial charge in [-0.15, -0.1) is 0 Å². The van der Waals surface area contributed by atoms with Gasteiger partial charge in [-0.05, 0) is 19.8 Å². The molecule has 0 amide bonds. The summed E-state index contributed by atoms with van der Waals surface area (Å²) < 4.78 is 1.98. The smallest absolute Gasteiger partial charge is 0.0715 e. The van der Waals surface area contributed by atoms with Crippen molar-refractivity contribution in [1.82, 2.24) is 9.78 Å². The van der Waals surface area contributed by atoms with Crippen molar-refractivity contribution < 1.29 is 5.11 Å². The molecule has 1 N–H and O–H groups in total. The van der Waals surface area contributed by atoms with Crippen LogP contribution in [-0.4, -0.2) is 14.9 Å². The van der Waals surface area contributed by atoms with E-state index in [0.29, 0.717) is 12.0 Å². The van der Waals surface area contributed by atoms with Crippen LogP contribution in [0.3, 0.4) is 0 Å². The highest BCUT2D eigenvalue weighted by Gasteiger charge is 2.14. The molecule has 0 saturated heterocycles. The Balaban J connectivity index is 3.14. The Morgan fingerprint density at radius 3 is 2.38 bits per heavy atom. The van der Waals surface area contributed by atoms with Gasteiger partial charge < -0.3 is 5.11 Å². The van der Waals surface area contributed by atoms with Crippen LogP contribution in [-0.2, 0) is 6.61 Å². The van der Waals surface area contributed by atoms with Crippen LogP contribution < -0.4 is 0 Å². The Morgan fingerprint density at radius 2 is 2.00 bits per heavy atom. The van der Waals surface area contributed by atoms with E-state index in [4.69, 9.17) is 5.11 Å². The molecule has 3 nitrogen and oxygen atoms in total. The predicted octanol–water partition coefficient (Wildman–Crippen LogP) is 2.08. The zero-order chi connectivity index (χ0) is 10.0. The molecule has 0 aromatic carbocycles. The molecule has 0 aliphatic rings. The number of rotatable bonds is 3. The summed E-state index contributed by atoms with van der Waals surface area (Å²) in [5.74, 6) is 0.409. The van der Waals surface area contributed by atoms with Gasteiger partial charge in [0, 0.05) is 17.3 Å². The summed E-state index contributed by atoms with van der Waals surface area (Å²) in [5.41, 5.74) is 2.10. The molecule has 1 aromatic heterocycles. The molecule has 13 heavy (non-hydrogen) atoms. The fourth-order valence-corrected chi connectivity index (χ4v) is 1.58. The molecule has 1 rings (SSSR count). The molecule has 0 bridgehead atoms. The third kappa shape index (κ3) is 1.91. The molecule has 0 aliphatic carbocycles. The number of hydrogen-bond acceptors (Lipinski definition) is 2. The highest BCUT2D eigenvalue weighted by molar-refractivity contribution is 5.20.